The number of nitrogens with zero attached hydrogens (tertiary/aromatic N) is 1. The van der Waals surface area contributed by atoms with Crippen LogP contribution < -0.4 is 11.1 Å². The normalized spacial score (nSPS) is 10.4. The van der Waals surface area contributed by atoms with E-state index in [-0.39, 0.29) is 5.91 Å². The smallest absolute Gasteiger partial charge is 0.256 e. The lowest BCUT2D eigenvalue weighted by molar-refractivity contribution is 0.102. The minimum atomic E-state index is -0.187. The van der Waals surface area contributed by atoms with Crippen LogP contribution in [0.3, 0.4) is 0 Å². The van der Waals surface area contributed by atoms with E-state index < -0.39 is 0 Å². The Hall–Kier alpha value is -2.88. The molecule has 3 N–H and O–H groups in total. The zero-order chi connectivity index (χ0) is 13.9. The average molecular weight is 263 g/mol. The SMILES string of the molecule is Nc1ccc(NC(=O)c2ccc3ccccc3c2)nc1. The molecule has 20 heavy (non-hydrogen) atoms. The summed E-state index contributed by atoms with van der Waals surface area (Å²) in [6.07, 6.45) is 1.51. The van der Waals surface area contributed by atoms with Crippen molar-refractivity contribution in [2.24, 2.45) is 0 Å². The van der Waals surface area contributed by atoms with Gasteiger partial charge in [0.05, 0.1) is 11.9 Å². The lowest BCUT2D eigenvalue weighted by Crippen LogP contribution is -2.12. The predicted octanol–water partition coefficient (Wildman–Crippen LogP) is 3.07. The molecule has 1 aromatic heterocycles. The van der Waals surface area contributed by atoms with Gasteiger partial charge in [-0.1, -0.05) is 30.3 Å². The third-order valence-electron chi connectivity index (χ3n) is 3.04. The van der Waals surface area contributed by atoms with Gasteiger partial charge in [0, 0.05) is 5.56 Å². The van der Waals surface area contributed by atoms with Crippen LogP contribution in [0.25, 0.3) is 10.8 Å². The minimum absolute atomic E-state index is 0.187. The summed E-state index contributed by atoms with van der Waals surface area (Å²) in [5.74, 6) is 0.297. The van der Waals surface area contributed by atoms with Crippen molar-refractivity contribution in [1.82, 2.24) is 4.98 Å². The topological polar surface area (TPSA) is 68.0 Å². The largest absolute Gasteiger partial charge is 0.397 e. The number of anilines is 2. The Bertz CT molecular complexity index is 766. The van der Waals surface area contributed by atoms with E-state index in [0.29, 0.717) is 17.1 Å². The van der Waals surface area contributed by atoms with Crippen molar-refractivity contribution in [2.45, 2.75) is 0 Å². The number of nitrogens with one attached hydrogen (secondary N) is 1. The van der Waals surface area contributed by atoms with Crippen LogP contribution in [0.15, 0.2) is 60.8 Å². The standard InChI is InChI=1S/C16H13N3O/c17-14-7-8-15(18-10-14)19-16(20)13-6-5-11-3-1-2-4-12(11)9-13/h1-10H,17H2,(H,18,19,20). The number of carbonyl (C=O) groups is 1. The number of hydrogen-bond donors (Lipinski definition) is 2. The van der Waals surface area contributed by atoms with Crippen molar-refractivity contribution in [3.05, 3.63) is 66.4 Å². The summed E-state index contributed by atoms with van der Waals surface area (Å²) in [5.41, 5.74) is 6.72. The Kier molecular flexibility index (Phi) is 3.05. The van der Waals surface area contributed by atoms with Crippen molar-refractivity contribution in [3.63, 3.8) is 0 Å². The molecule has 98 valence electrons. The molecule has 0 saturated heterocycles. The molecule has 0 radical (unpaired) electrons. The van der Waals surface area contributed by atoms with Crippen LogP contribution in [0, 0.1) is 0 Å². The molecule has 0 aliphatic rings. The van der Waals surface area contributed by atoms with Crippen LogP contribution in [0.4, 0.5) is 11.5 Å². The lowest BCUT2D eigenvalue weighted by atomic mass is 10.1. The molecule has 0 saturated carbocycles. The Morgan fingerprint density at radius 1 is 1.00 bits per heavy atom. The van der Waals surface area contributed by atoms with E-state index in [1.54, 1.807) is 18.2 Å². The number of nitrogens with two attached hydrogens (primary N) is 1. The molecule has 0 unspecified atom stereocenters. The summed E-state index contributed by atoms with van der Waals surface area (Å²) in [6.45, 7) is 0. The number of nitrogen functional groups attached to an aromatic ring is 1. The highest BCUT2D eigenvalue weighted by atomic mass is 16.1. The summed E-state index contributed by atoms with van der Waals surface area (Å²) in [6, 6.07) is 16.9. The summed E-state index contributed by atoms with van der Waals surface area (Å²) in [4.78, 5) is 16.2. The Morgan fingerprint density at radius 3 is 2.55 bits per heavy atom. The Labute approximate surface area is 116 Å². The molecule has 0 aliphatic carbocycles. The highest BCUT2D eigenvalue weighted by Crippen LogP contribution is 2.16. The molecule has 0 spiro atoms. The molecule has 2 aromatic carbocycles. The van der Waals surface area contributed by atoms with E-state index in [1.165, 1.54) is 6.20 Å². The van der Waals surface area contributed by atoms with Gasteiger partial charge in [0.25, 0.3) is 5.91 Å². The molecule has 0 bridgehead atoms. The van der Waals surface area contributed by atoms with Gasteiger partial charge in [-0.25, -0.2) is 4.98 Å². The van der Waals surface area contributed by atoms with E-state index >= 15 is 0 Å². The number of benzene rings is 2. The molecule has 3 aromatic rings. The molecule has 1 amide bonds. The first-order valence-corrected chi connectivity index (χ1v) is 6.24. The van der Waals surface area contributed by atoms with Gasteiger partial charge in [-0.05, 0) is 35.0 Å². The first-order valence-electron chi connectivity index (χ1n) is 6.24. The van der Waals surface area contributed by atoms with E-state index in [2.05, 4.69) is 10.3 Å². The molecular formula is C16H13N3O. The molecule has 3 rings (SSSR count). The van der Waals surface area contributed by atoms with Crippen LogP contribution >= 0.6 is 0 Å². The predicted molar refractivity (Wildman–Crippen MR) is 80.6 cm³/mol. The maximum absolute atomic E-state index is 12.2. The molecular weight excluding hydrogens is 250 g/mol. The first-order chi connectivity index (χ1) is 9.72. The molecule has 4 heteroatoms. The van der Waals surface area contributed by atoms with Crippen molar-refractivity contribution in [3.8, 4) is 0 Å². The van der Waals surface area contributed by atoms with Gasteiger partial charge in [0.15, 0.2) is 0 Å². The Morgan fingerprint density at radius 2 is 1.80 bits per heavy atom. The number of rotatable bonds is 2. The minimum Gasteiger partial charge on any atom is -0.397 e. The van der Waals surface area contributed by atoms with Crippen LogP contribution in [-0.4, -0.2) is 10.9 Å². The molecule has 0 fully saturated rings. The van der Waals surface area contributed by atoms with Gasteiger partial charge in [0.1, 0.15) is 5.82 Å². The number of amides is 1. The van der Waals surface area contributed by atoms with Gasteiger partial charge in [-0.2, -0.15) is 0 Å². The van der Waals surface area contributed by atoms with E-state index in [4.69, 9.17) is 5.73 Å². The molecule has 1 heterocycles. The number of fused-ring (bicyclic) bond motifs is 1. The van der Waals surface area contributed by atoms with Gasteiger partial charge in [0.2, 0.25) is 0 Å². The van der Waals surface area contributed by atoms with Gasteiger partial charge in [-0.3, -0.25) is 4.79 Å². The number of pyridine rings is 1. The quantitative estimate of drug-likeness (QED) is 0.746. The fourth-order valence-corrected chi connectivity index (χ4v) is 2.00. The highest BCUT2D eigenvalue weighted by Gasteiger charge is 2.07. The first kappa shape index (κ1) is 12.2. The summed E-state index contributed by atoms with van der Waals surface area (Å²) < 4.78 is 0. The summed E-state index contributed by atoms with van der Waals surface area (Å²) >= 11 is 0. The van der Waals surface area contributed by atoms with Gasteiger partial charge in [-0.15, -0.1) is 0 Å². The summed E-state index contributed by atoms with van der Waals surface area (Å²) in [7, 11) is 0. The third-order valence-corrected chi connectivity index (χ3v) is 3.04. The van der Waals surface area contributed by atoms with E-state index in [9.17, 15) is 4.79 Å². The maximum Gasteiger partial charge on any atom is 0.256 e. The maximum atomic E-state index is 12.2. The third kappa shape index (κ3) is 2.44. The fraction of sp³-hybridized carbons (Fsp3) is 0. The fourth-order valence-electron chi connectivity index (χ4n) is 2.00. The number of carbonyl (C=O) groups excluding carboxylic acids is 1. The Balaban J connectivity index is 1.86. The van der Waals surface area contributed by atoms with Crippen molar-refractivity contribution < 1.29 is 4.79 Å². The van der Waals surface area contributed by atoms with Gasteiger partial charge >= 0.3 is 0 Å². The zero-order valence-corrected chi connectivity index (χ0v) is 10.7. The van der Waals surface area contributed by atoms with E-state index in [1.807, 2.05) is 36.4 Å². The number of aromatic nitrogens is 1. The summed E-state index contributed by atoms with van der Waals surface area (Å²) in [5, 5.41) is 4.88. The van der Waals surface area contributed by atoms with Crippen molar-refractivity contribution >= 4 is 28.2 Å². The van der Waals surface area contributed by atoms with Crippen LogP contribution in [0.1, 0.15) is 10.4 Å². The van der Waals surface area contributed by atoms with Crippen LogP contribution in [0.2, 0.25) is 0 Å². The highest BCUT2D eigenvalue weighted by molar-refractivity contribution is 6.06. The lowest BCUT2D eigenvalue weighted by Gasteiger charge is -2.06. The second kappa shape index (κ2) is 5.01. The van der Waals surface area contributed by atoms with E-state index in [0.717, 1.165) is 10.8 Å². The average Bonchev–Trinajstić information content (AvgIpc) is 2.49. The second-order valence-electron chi connectivity index (χ2n) is 4.49. The molecule has 0 atom stereocenters. The number of hydrogen-bond acceptors (Lipinski definition) is 3. The van der Waals surface area contributed by atoms with Gasteiger partial charge < -0.3 is 11.1 Å². The molecule has 0 aliphatic heterocycles. The van der Waals surface area contributed by atoms with Crippen molar-refractivity contribution in [1.29, 1.82) is 0 Å². The van der Waals surface area contributed by atoms with Crippen LogP contribution in [-0.2, 0) is 0 Å². The second-order valence-corrected chi connectivity index (χ2v) is 4.49. The zero-order valence-electron chi connectivity index (χ0n) is 10.7. The van der Waals surface area contributed by atoms with Crippen molar-refractivity contribution in [2.75, 3.05) is 11.1 Å². The van der Waals surface area contributed by atoms with Crippen LogP contribution in [0.5, 0.6) is 0 Å². The molecule has 4 nitrogen and oxygen atoms in total. The monoisotopic (exact) mass is 263 g/mol.